The van der Waals surface area contributed by atoms with Crippen molar-refractivity contribution < 1.29 is 4.74 Å². The summed E-state index contributed by atoms with van der Waals surface area (Å²) in [6.07, 6.45) is 2.52. The van der Waals surface area contributed by atoms with Crippen molar-refractivity contribution in [1.29, 1.82) is 0 Å². The quantitative estimate of drug-likeness (QED) is 0.843. The Hall–Kier alpha value is -1.02. The largest absolute Gasteiger partial charge is 0.494 e. The molecule has 1 fully saturated rings. The van der Waals surface area contributed by atoms with E-state index in [1.54, 1.807) is 0 Å². The Kier molecular flexibility index (Phi) is 3.83. The van der Waals surface area contributed by atoms with Gasteiger partial charge in [0.25, 0.3) is 0 Å². The number of para-hydroxylation sites is 1. The Labute approximate surface area is 98.0 Å². The zero-order valence-corrected chi connectivity index (χ0v) is 10.2. The average molecular weight is 219 g/mol. The van der Waals surface area contributed by atoms with Crippen LogP contribution in [0.2, 0.25) is 0 Å². The van der Waals surface area contributed by atoms with E-state index in [-0.39, 0.29) is 0 Å². The Morgan fingerprint density at radius 1 is 1.31 bits per heavy atom. The normalized spacial score (nSPS) is 25.4. The number of hydrogen-bond donors (Lipinski definition) is 1. The molecule has 2 heteroatoms. The first kappa shape index (κ1) is 11.5. The molecule has 1 aliphatic rings. The molecule has 2 rings (SSSR count). The van der Waals surface area contributed by atoms with E-state index in [1.165, 1.54) is 18.4 Å². The highest BCUT2D eigenvalue weighted by atomic mass is 16.5. The zero-order valence-electron chi connectivity index (χ0n) is 10.2. The van der Waals surface area contributed by atoms with Gasteiger partial charge >= 0.3 is 0 Å². The van der Waals surface area contributed by atoms with Gasteiger partial charge in [-0.3, -0.25) is 0 Å². The number of hydrogen-bond acceptors (Lipinski definition) is 2. The van der Waals surface area contributed by atoms with Gasteiger partial charge in [-0.25, -0.2) is 0 Å². The minimum Gasteiger partial charge on any atom is -0.494 e. The molecule has 0 saturated carbocycles. The monoisotopic (exact) mass is 219 g/mol. The molecular formula is C14H21NO. The lowest BCUT2D eigenvalue weighted by molar-refractivity contribution is 0.305. The lowest BCUT2D eigenvalue weighted by Gasteiger charge is -2.29. The summed E-state index contributed by atoms with van der Waals surface area (Å²) in [5, 5.41) is 3.60. The van der Waals surface area contributed by atoms with Gasteiger partial charge in [0.05, 0.1) is 6.61 Å². The maximum atomic E-state index is 5.68. The van der Waals surface area contributed by atoms with Crippen LogP contribution in [0.15, 0.2) is 24.3 Å². The maximum Gasteiger partial charge on any atom is 0.124 e. The maximum absolute atomic E-state index is 5.68. The fourth-order valence-corrected chi connectivity index (χ4v) is 2.32. The van der Waals surface area contributed by atoms with Crippen LogP contribution in [0, 0.1) is 5.92 Å². The second-order valence-corrected chi connectivity index (χ2v) is 4.61. The van der Waals surface area contributed by atoms with Gasteiger partial charge in [0.1, 0.15) is 5.75 Å². The van der Waals surface area contributed by atoms with Gasteiger partial charge in [0, 0.05) is 11.6 Å². The summed E-state index contributed by atoms with van der Waals surface area (Å²) >= 11 is 0. The van der Waals surface area contributed by atoms with Gasteiger partial charge in [-0.2, -0.15) is 0 Å². The van der Waals surface area contributed by atoms with Crippen LogP contribution in [0.4, 0.5) is 0 Å². The summed E-state index contributed by atoms with van der Waals surface area (Å²) in [5.74, 6) is 1.84. The fraction of sp³-hybridized carbons (Fsp3) is 0.571. The highest BCUT2D eigenvalue weighted by Crippen LogP contribution is 2.31. The van der Waals surface area contributed by atoms with Crippen molar-refractivity contribution in [2.24, 2.45) is 5.92 Å². The van der Waals surface area contributed by atoms with Crippen molar-refractivity contribution in [3.63, 3.8) is 0 Å². The predicted octanol–water partition coefficient (Wildman–Crippen LogP) is 3.15. The third-order valence-electron chi connectivity index (χ3n) is 3.26. The fourth-order valence-electron chi connectivity index (χ4n) is 2.32. The molecule has 1 aliphatic heterocycles. The van der Waals surface area contributed by atoms with E-state index in [1.807, 2.05) is 13.0 Å². The Morgan fingerprint density at radius 2 is 2.12 bits per heavy atom. The number of ether oxygens (including phenoxy) is 1. The molecule has 1 aromatic carbocycles. The first-order chi connectivity index (χ1) is 7.81. The van der Waals surface area contributed by atoms with Crippen LogP contribution < -0.4 is 10.1 Å². The van der Waals surface area contributed by atoms with Crippen molar-refractivity contribution in [3.05, 3.63) is 29.8 Å². The van der Waals surface area contributed by atoms with Crippen LogP contribution in [-0.4, -0.2) is 13.2 Å². The standard InChI is InChI=1S/C14H21NO/c1-3-16-14-7-5-4-6-12(14)13-9-8-11(2)10-15-13/h4-7,11,13,15H,3,8-10H2,1-2H3. The van der Waals surface area contributed by atoms with Crippen LogP contribution in [0.1, 0.15) is 38.3 Å². The highest BCUT2D eigenvalue weighted by molar-refractivity contribution is 5.36. The Bertz CT molecular complexity index is 329. The van der Waals surface area contributed by atoms with E-state index < -0.39 is 0 Å². The third-order valence-corrected chi connectivity index (χ3v) is 3.26. The van der Waals surface area contributed by atoms with Crippen LogP contribution in [0.5, 0.6) is 5.75 Å². The summed E-state index contributed by atoms with van der Waals surface area (Å²) in [6.45, 7) is 6.19. The average Bonchev–Trinajstić information content (AvgIpc) is 2.32. The topological polar surface area (TPSA) is 21.3 Å². The molecule has 0 aromatic heterocycles. The summed E-state index contributed by atoms with van der Waals surface area (Å²) in [5.41, 5.74) is 1.32. The van der Waals surface area contributed by atoms with Gasteiger partial charge in [-0.1, -0.05) is 25.1 Å². The van der Waals surface area contributed by atoms with Gasteiger partial charge in [-0.05, 0) is 38.3 Å². The summed E-state index contributed by atoms with van der Waals surface area (Å²) in [6, 6.07) is 8.85. The van der Waals surface area contributed by atoms with Crippen molar-refractivity contribution in [2.45, 2.75) is 32.7 Å². The van der Waals surface area contributed by atoms with Gasteiger partial charge in [0.2, 0.25) is 0 Å². The molecule has 2 nitrogen and oxygen atoms in total. The van der Waals surface area contributed by atoms with Crippen molar-refractivity contribution >= 4 is 0 Å². The van der Waals surface area contributed by atoms with E-state index >= 15 is 0 Å². The molecule has 16 heavy (non-hydrogen) atoms. The molecule has 88 valence electrons. The minimum absolute atomic E-state index is 0.471. The summed E-state index contributed by atoms with van der Waals surface area (Å²) in [7, 11) is 0. The summed E-state index contributed by atoms with van der Waals surface area (Å²) < 4.78 is 5.68. The molecule has 0 radical (unpaired) electrons. The second-order valence-electron chi connectivity index (χ2n) is 4.61. The lowest BCUT2D eigenvalue weighted by Crippen LogP contribution is -2.32. The highest BCUT2D eigenvalue weighted by Gasteiger charge is 2.21. The summed E-state index contributed by atoms with van der Waals surface area (Å²) in [4.78, 5) is 0. The van der Waals surface area contributed by atoms with Crippen molar-refractivity contribution in [1.82, 2.24) is 5.32 Å². The Balaban J connectivity index is 2.13. The molecule has 1 N–H and O–H groups in total. The smallest absolute Gasteiger partial charge is 0.124 e. The molecule has 1 heterocycles. The van der Waals surface area contributed by atoms with Crippen LogP contribution >= 0.6 is 0 Å². The Morgan fingerprint density at radius 3 is 2.81 bits per heavy atom. The van der Waals surface area contributed by atoms with Crippen molar-refractivity contribution in [2.75, 3.05) is 13.2 Å². The number of benzene rings is 1. The first-order valence-corrected chi connectivity index (χ1v) is 6.26. The minimum atomic E-state index is 0.471. The molecule has 1 aromatic rings. The van der Waals surface area contributed by atoms with Crippen LogP contribution in [0.25, 0.3) is 0 Å². The number of rotatable bonds is 3. The molecule has 2 atom stereocenters. The van der Waals surface area contributed by atoms with Gasteiger partial charge in [0.15, 0.2) is 0 Å². The van der Waals surface area contributed by atoms with Gasteiger partial charge < -0.3 is 10.1 Å². The molecule has 0 aliphatic carbocycles. The second kappa shape index (κ2) is 5.35. The zero-order chi connectivity index (χ0) is 11.4. The van der Waals surface area contributed by atoms with Gasteiger partial charge in [-0.15, -0.1) is 0 Å². The molecule has 0 spiro atoms. The van der Waals surface area contributed by atoms with E-state index in [2.05, 4.69) is 30.4 Å². The first-order valence-electron chi connectivity index (χ1n) is 6.26. The van der Waals surface area contributed by atoms with Crippen LogP contribution in [0.3, 0.4) is 0 Å². The SMILES string of the molecule is CCOc1ccccc1C1CCC(C)CN1. The predicted molar refractivity (Wildman–Crippen MR) is 66.8 cm³/mol. The molecule has 2 unspecified atom stereocenters. The molecule has 0 amide bonds. The molecular weight excluding hydrogens is 198 g/mol. The van der Waals surface area contributed by atoms with E-state index in [0.29, 0.717) is 6.04 Å². The third kappa shape index (κ3) is 2.56. The van der Waals surface area contributed by atoms with E-state index in [4.69, 9.17) is 4.74 Å². The van der Waals surface area contributed by atoms with E-state index in [9.17, 15) is 0 Å². The molecule has 1 saturated heterocycles. The van der Waals surface area contributed by atoms with Crippen molar-refractivity contribution in [3.8, 4) is 5.75 Å². The lowest BCUT2D eigenvalue weighted by atomic mass is 9.92. The van der Waals surface area contributed by atoms with Crippen LogP contribution in [-0.2, 0) is 0 Å². The number of piperidine rings is 1. The number of nitrogens with one attached hydrogen (secondary N) is 1. The molecule has 0 bridgehead atoms. The van der Waals surface area contributed by atoms with E-state index in [0.717, 1.165) is 24.8 Å².